The first kappa shape index (κ1) is 14.2. The molecule has 7 nitrogen and oxygen atoms in total. The van der Waals surface area contributed by atoms with Crippen molar-refractivity contribution >= 4 is 17.9 Å². The first-order chi connectivity index (χ1) is 7.14. The number of hydrogen-bond donors (Lipinski definition) is 4. The summed E-state index contributed by atoms with van der Waals surface area (Å²) in [5, 5.41) is 13.2. The maximum absolute atomic E-state index is 11.3. The average Bonchev–Trinajstić information content (AvgIpc) is 1.98. The molecule has 0 fully saturated rings. The predicted octanol–water partition coefficient (Wildman–Crippen LogP) is -0.587. The highest BCUT2D eigenvalue weighted by atomic mass is 16.4. The Labute approximate surface area is 93.4 Å². The van der Waals surface area contributed by atoms with Crippen molar-refractivity contribution in [2.24, 2.45) is 5.73 Å². The molecule has 0 radical (unpaired) electrons. The Morgan fingerprint density at radius 1 is 1.38 bits per heavy atom. The van der Waals surface area contributed by atoms with E-state index in [1.165, 1.54) is 6.92 Å². The average molecular weight is 231 g/mol. The quantitative estimate of drug-likeness (QED) is 0.505. The number of carboxylic acids is 1. The maximum Gasteiger partial charge on any atom is 0.325 e. The SMILES string of the molecule is C[C@H](NC(=O)NC(C)(C)CC(N)=O)C(=O)O. The smallest absolute Gasteiger partial charge is 0.325 e. The Bertz CT molecular complexity index is 301. The van der Waals surface area contributed by atoms with Gasteiger partial charge in [0, 0.05) is 12.0 Å². The normalized spacial score (nSPS) is 12.7. The third kappa shape index (κ3) is 5.84. The van der Waals surface area contributed by atoms with Crippen molar-refractivity contribution in [3.05, 3.63) is 0 Å². The molecular formula is C9H17N3O4. The van der Waals surface area contributed by atoms with Crippen LogP contribution in [-0.4, -0.2) is 34.6 Å². The van der Waals surface area contributed by atoms with Gasteiger partial charge in [-0.15, -0.1) is 0 Å². The van der Waals surface area contributed by atoms with E-state index in [0.29, 0.717) is 0 Å². The summed E-state index contributed by atoms with van der Waals surface area (Å²) in [7, 11) is 0. The minimum atomic E-state index is -1.14. The minimum Gasteiger partial charge on any atom is -0.480 e. The Morgan fingerprint density at radius 2 is 1.88 bits per heavy atom. The number of aliphatic carboxylic acids is 1. The van der Waals surface area contributed by atoms with Crippen LogP contribution in [0.5, 0.6) is 0 Å². The van der Waals surface area contributed by atoms with Crippen molar-refractivity contribution in [2.45, 2.75) is 38.8 Å². The molecule has 0 bridgehead atoms. The number of carbonyl (C=O) groups is 3. The highest BCUT2D eigenvalue weighted by Gasteiger charge is 2.24. The van der Waals surface area contributed by atoms with Gasteiger partial charge in [0.2, 0.25) is 5.91 Å². The summed E-state index contributed by atoms with van der Waals surface area (Å²) in [5.74, 6) is -1.68. The van der Waals surface area contributed by atoms with Gasteiger partial charge in [-0.2, -0.15) is 0 Å². The van der Waals surface area contributed by atoms with Gasteiger partial charge in [-0.05, 0) is 20.8 Å². The third-order valence-electron chi connectivity index (χ3n) is 1.79. The Kier molecular flexibility index (Phi) is 4.74. The zero-order valence-corrected chi connectivity index (χ0v) is 9.53. The number of rotatable bonds is 5. The van der Waals surface area contributed by atoms with Crippen LogP contribution in [0.15, 0.2) is 0 Å². The highest BCUT2D eigenvalue weighted by Crippen LogP contribution is 2.06. The fraction of sp³-hybridized carbons (Fsp3) is 0.667. The van der Waals surface area contributed by atoms with Gasteiger partial charge in [0.1, 0.15) is 6.04 Å². The Morgan fingerprint density at radius 3 is 2.25 bits per heavy atom. The van der Waals surface area contributed by atoms with Crippen LogP contribution in [0.1, 0.15) is 27.2 Å². The number of amides is 3. The second-order valence-corrected chi connectivity index (χ2v) is 4.19. The van der Waals surface area contributed by atoms with E-state index in [2.05, 4.69) is 10.6 Å². The molecule has 0 rings (SSSR count). The number of primary amides is 1. The number of hydrogen-bond acceptors (Lipinski definition) is 3. The number of carboxylic acid groups (broad SMARTS) is 1. The van der Waals surface area contributed by atoms with Gasteiger partial charge in [0.15, 0.2) is 0 Å². The summed E-state index contributed by atoms with van der Waals surface area (Å²) < 4.78 is 0. The van der Waals surface area contributed by atoms with Crippen LogP contribution in [-0.2, 0) is 9.59 Å². The van der Waals surface area contributed by atoms with E-state index >= 15 is 0 Å². The van der Waals surface area contributed by atoms with Gasteiger partial charge in [-0.25, -0.2) is 4.79 Å². The first-order valence-corrected chi connectivity index (χ1v) is 4.74. The van der Waals surface area contributed by atoms with Crippen LogP contribution in [0.4, 0.5) is 4.79 Å². The summed E-state index contributed by atoms with van der Waals surface area (Å²) in [6.45, 7) is 4.56. The van der Waals surface area contributed by atoms with E-state index < -0.39 is 29.5 Å². The van der Waals surface area contributed by atoms with Crippen molar-refractivity contribution in [2.75, 3.05) is 0 Å². The zero-order valence-electron chi connectivity index (χ0n) is 9.53. The van der Waals surface area contributed by atoms with Gasteiger partial charge in [0.25, 0.3) is 0 Å². The van der Waals surface area contributed by atoms with E-state index in [0.717, 1.165) is 0 Å². The molecule has 5 N–H and O–H groups in total. The molecule has 1 atom stereocenters. The van der Waals surface area contributed by atoms with Crippen molar-refractivity contribution in [3.8, 4) is 0 Å². The predicted molar refractivity (Wildman–Crippen MR) is 56.7 cm³/mol. The lowest BCUT2D eigenvalue weighted by atomic mass is 10.0. The summed E-state index contributed by atoms with van der Waals surface area (Å²) >= 11 is 0. The van der Waals surface area contributed by atoms with Gasteiger partial charge in [0.05, 0.1) is 0 Å². The fourth-order valence-electron chi connectivity index (χ4n) is 1.08. The number of nitrogens with one attached hydrogen (secondary N) is 2. The number of nitrogens with two attached hydrogens (primary N) is 1. The largest absolute Gasteiger partial charge is 0.480 e. The minimum absolute atomic E-state index is 0.0259. The highest BCUT2D eigenvalue weighted by molar-refractivity contribution is 5.83. The van der Waals surface area contributed by atoms with Crippen LogP contribution >= 0.6 is 0 Å². The Hall–Kier alpha value is -1.79. The monoisotopic (exact) mass is 231 g/mol. The molecule has 0 aromatic carbocycles. The van der Waals surface area contributed by atoms with E-state index in [9.17, 15) is 14.4 Å². The third-order valence-corrected chi connectivity index (χ3v) is 1.79. The zero-order chi connectivity index (χ0) is 12.9. The molecule has 0 aliphatic rings. The van der Waals surface area contributed by atoms with Crippen molar-refractivity contribution in [1.29, 1.82) is 0 Å². The van der Waals surface area contributed by atoms with Crippen LogP contribution in [0.25, 0.3) is 0 Å². The molecule has 92 valence electrons. The van der Waals surface area contributed by atoms with Gasteiger partial charge >= 0.3 is 12.0 Å². The molecule has 7 heteroatoms. The number of urea groups is 1. The second-order valence-electron chi connectivity index (χ2n) is 4.19. The lowest BCUT2D eigenvalue weighted by molar-refractivity contribution is -0.138. The molecule has 0 spiro atoms. The summed E-state index contributed by atoms with van der Waals surface area (Å²) in [6.07, 6.45) is -0.0259. The second kappa shape index (κ2) is 5.34. The molecule has 3 amide bonds. The molecular weight excluding hydrogens is 214 g/mol. The summed E-state index contributed by atoms with van der Waals surface area (Å²) in [6, 6.07) is -1.65. The van der Waals surface area contributed by atoms with Crippen molar-refractivity contribution in [3.63, 3.8) is 0 Å². The van der Waals surface area contributed by atoms with Gasteiger partial charge < -0.3 is 21.5 Å². The fourth-order valence-corrected chi connectivity index (χ4v) is 1.08. The molecule has 0 saturated carbocycles. The van der Waals surface area contributed by atoms with Crippen molar-refractivity contribution in [1.82, 2.24) is 10.6 Å². The van der Waals surface area contributed by atoms with Crippen LogP contribution in [0.2, 0.25) is 0 Å². The van der Waals surface area contributed by atoms with Crippen LogP contribution in [0, 0.1) is 0 Å². The van der Waals surface area contributed by atoms with Gasteiger partial charge in [-0.3, -0.25) is 9.59 Å². The lowest BCUT2D eigenvalue weighted by Gasteiger charge is -2.25. The molecule has 0 aromatic rings. The Balaban J connectivity index is 4.23. The van der Waals surface area contributed by atoms with E-state index in [4.69, 9.17) is 10.8 Å². The van der Waals surface area contributed by atoms with E-state index in [-0.39, 0.29) is 6.42 Å². The summed E-state index contributed by atoms with van der Waals surface area (Å²) in [4.78, 5) is 32.5. The topological polar surface area (TPSA) is 122 Å². The number of carbonyl (C=O) groups excluding carboxylic acids is 2. The molecule has 16 heavy (non-hydrogen) atoms. The molecule has 0 saturated heterocycles. The van der Waals surface area contributed by atoms with Crippen molar-refractivity contribution < 1.29 is 19.5 Å². The van der Waals surface area contributed by atoms with Crippen LogP contribution < -0.4 is 16.4 Å². The molecule has 0 aliphatic carbocycles. The first-order valence-electron chi connectivity index (χ1n) is 4.74. The molecule has 0 heterocycles. The maximum atomic E-state index is 11.3. The molecule has 0 aromatic heterocycles. The van der Waals surface area contributed by atoms with E-state index in [1.807, 2.05) is 0 Å². The molecule has 0 unspecified atom stereocenters. The molecule has 0 aliphatic heterocycles. The lowest BCUT2D eigenvalue weighted by Crippen LogP contribution is -2.53. The van der Waals surface area contributed by atoms with Crippen LogP contribution in [0.3, 0.4) is 0 Å². The van der Waals surface area contributed by atoms with E-state index in [1.54, 1.807) is 13.8 Å². The van der Waals surface area contributed by atoms with Gasteiger partial charge in [-0.1, -0.05) is 0 Å². The standard InChI is InChI=1S/C9H17N3O4/c1-5(7(14)15)11-8(16)12-9(2,3)4-6(10)13/h5H,4H2,1-3H3,(H2,10,13)(H,14,15)(H2,11,12,16)/t5-/m0/s1. The summed E-state index contributed by atoms with van der Waals surface area (Å²) in [5.41, 5.74) is 4.19.